The molecule has 1 heterocycles. The number of aromatic nitrogens is 1. The first-order valence-electron chi connectivity index (χ1n) is 6.97. The molecule has 1 saturated carbocycles. The lowest BCUT2D eigenvalue weighted by atomic mass is 9.89. The smallest absolute Gasteiger partial charge is 0.171 e. The van der Waals surface area contributed by atoms with Crippen molar-refractivity contribution in [2.45, 2.75) is 32.1 Å². The van der Waals surface area contributed by atoms with Crippen LogP contribution in [-0.2, 0) is 0 Å². The topological polar surface area (TPSA) is 74.7 Å². The Bertz CT molecular complexity index is 486. The average Bonchev–Trinajstić information content (AvgIpc) is 2.47. The Hall–Kier alpha value is -1.49. The maximum absolute atomic E-state index is 8.77. The number of halogens is 1. The molecule has 6 heteroatoms. The Balaban J connectivity index is 2.15. The lowest BCUT2D eigenvalue weighted by Crippen LogP contribution is -2.28. The van der Waals surface area contributed by atoms with Gasteiger partial charge in [0.05, 0.1) is 5.02 Å². The third-order valence-electron chi connectivity index (χ3n) is 3.87. The van der Waals surface area contributed by atoms with Gasteiger partial charge in [-0.1, -0.05) is 36.0 Å². The molecule has 0 aromatic carbocycles. The number of hydrogen-bond acceptors (Lipinski definition) is 4. The van der Waals surface area contributed by atoms with Crippen molar-refractivity contribution in [3.05, 3.63) is 22.8 Å². The largest absolute Gasteiger partial charge is 0.409 e. The molecule has 1 aromatic rings. The van der Waals surface area contributed by atoms with Crippen molar-refractivity contribution in [2.24, 2.45) is 16.8 Å². The zero-order valence-corrected chi connectivity index (χ0v) is 12.5. The molecular weight excluding hydrogens is 276 g/mol. The predicted molar refractivity (Wildman–Crippen MR) is 81.6 cm³/mol. The highest BCUT2D eigenvalue weighted by atomic mass is 35.5. The second-order valence-electron chi connectivity index (χ2n) is 5.37. The van der Waals surface area contributed by atoms with E-state index in [9.17, 15) is 0 Å². The summed E-state index contributed by atoms with van der Waals surface area (Å²) in [5.74, 6) is 1.38. The van der Waals surface area contributed by atoms with Gasteiger partial charge in [0, 0.05) is 25.4 Å². The molecule has 0 atom stereocenters. The van der Waals surface area contributed by atoms with E-state index >= 15 is 0 Å². The van der Waals surface area contributed by atoms with Gasteiger partial charge in [-0.05, 0) is 24.8 Å². The zero-order valence-electron chi connectivity index (χ0n) is 11.7. The third kappa shape index (κ3) is 3.33. The van der Waals surface area contributed by atoms with Gasteiger partial charge in [0.15, 0.2) is 5.84 Å². The predicted octanol–water partition coefficient (Wildman–Crippen LogP) is 2.85. The summed E-state index contributed by atoms with van der Waals surface area (Å²) in [6.07, 6.45) is 8.13. The Morgan fingerprint density at radius 2 is 2.20 bits per heavy atom. The van der Waals surface area contributed by atoms with E-state index in [4.69, 9.17) is 22.5 Å². The minimum atomic E-state index is 0.00437. The van der Waals surface area contributed by atoms with Gasteiger partial charge in [0.25, 0.3) is 0 Å². The molecule has 5 nitrogen and oxygen atoms in total. The molecule has 0 radical (unpaired) electrons. The second kappa shape index (κ2) is 6.79. The van der Waals surface area contributed by atoms with Crippen LogP contribution >= 0.6 is 11.6 Å². The van der Waals surface area contributed by atoms with Crippen LogP contribution in [0.25, 0.3) is 0 Å². The normalized spacial score (nSPS) is 17.2. The first-order chi connectivity index (χ1) is 9.63. The molecule has 0 amide bonds. The lowest BCUT2D eigenvalue weighted by Gasteiger charge is -2.28. The van der Waals surface area contributed by atoms with Crippen LogP contribution in [-0.4, -0.2) is 29.6 Å². The van der Waals surface area contributed by atoms with Gasteiger partial charge < -0.3 is 15.8 Å². The number of oxime groups is 1. The molecule has 0 spiro atoms. The highest BCUT2D eigenvalue weighted by Crippen LogP contribution is 2.29. The number of hydrogen-bond donors (Lipinski definition) is 2. The summed E-state index contributed by atoms with van der Waals surface area (Å²) < 4.78 is 0. The fourth-order valence-corrected chi connectivity index (χ4v) is 3.15. The molecule has 0 bridgehead atoms. The van der Waals surface area contributed by atoms with Crippen molar-refractivity contribution in [2.75, 3.05) is 18.5 Å². The van der Waals surface area contributed by atoms with Crippen LogP contribution < -0.4 is 10.6 Å². The maximum Gasteiger partial charge on any atom is 0.171 e. The van der Waals surface area contributed by atoms with E-state index in [0.29, 0.717) is 22.3 Å². The second-order valence-corrected chi connectivity index (χ2v) is 5.74. The number of nitrogens with two attached hydrogens (primary N) is 1. The van der Waals surface area contributed by atoms with E-state index in [1.807, 2.05) is 7.05 Å². The fourth-order valence-electron chi connectivity index (χ4n) is 2.79. The van der Waals surface area contributed by atoms with E-state index in [-0.39, 0.29) is 5.84 Å². The SMILES string of the molecule is CN(CC1CCCCC1)c1nccc(/C(N)=N/O)c1Cl. The van der Waals surface area contributed by atoms with Crippen molar-refractivity contribution in [3.63, 3.8) is 0 Å². The van der Waals surface area contributed by atoms with Crippen molar-refractivity contribution in [1.29, 1.82) is 0 Å². The number of anilines is 1. The third-order valence-corrected chi connectivity index (χ3v) is 4.25. The van der Waals surface area contributed by atoms with Crippen molar-refractivity contribution in [3.8, 4) is 0 Å². The standard InChI is InChI=1S/C14H21ClN4O/c1-19(9-10-5-3-2-4-6-10)14-12(15)11(7-8-17-14)13(16)18-20/h7-8,10,20H,2-6,9H2,1H3,(H2,16,18). The zero-order chi connectivity index (χ0) is 14.5. The number of pyridine rings is 1. The monoisotopic (exact) mass is 296 g/mol. The van der Waals surface area contributed by atoms with Crippen LogP contribution in [0, 0.1) is 5.92 Å². The van der Waals surface area contributed by atoms with Crippen LogP contribution in [0.3, 0.4) is 0 Å². The van der Waals surface area contributed by atoms with Crippen molar-refractivity contribution < 1.29 is 5.21 Å². The highest BCUT2D eigenvalue weighted by molar-refractivity contribution is 6.36. The molecular formula is C14H21ClN4O. The maximum atomic E-state index is 8.77. The minimum Gasteiger partial charge on any atom is -0.409 e. The molecule has 1 aliphatic carbocycles. The van der Waals surface area contributed by atoms with E-state index in [0.717, 1.165) is 6.54 Å². The molecule has 0 saturated heterocycles. The summed E-state index contributed by atoms with van der Waals surface area (Å²) in [4.78, 5) is 6.38. The summed E-state index contributed by atoms with van der Waals surface area (Å²) in [5.41, 5.74) is 6.13. The molecule has 1 fully saturated rings. The van der Waals surface area contributed by atoms with Gasteiger partial charge in [-0.25, -0.2) is 4.98 Å². The van der Waals surface area contributed by atoms with Gasteiger partial charge in [0.1, 0.15) is 5.82 Å². The summed E-state index contributed by atoms with van der Waals surface area (Å²) >= 11 is 6.32. The Morgan fingerprint density at radius 1 is 1.50 bits per heavy atom. The van der Waals surface area contributed by atoms with Crippen LogP contribution in [0.5, 0.6) is 0 Å². The molecule has 2 rings (SSSR count). The molecule has 3 N–H and O–H groups in total. The van der Waals surface area contributed by atoms with Gasteiger partial charge in [-0.2, -0.15) is 0 Å². The van der Waals surface area contributed by atoms with Gasteiger partial charge in [-0.15, -0.1) is 0 Å². The van der Waals surface area contributed by atoms with E-state index in [1.165, 1.54) is 32.1 Å². The highest BCUT2D eigenvalue weighted by Gasteiger charge is 2.19. The van der Waals surface area contributed by atoms with Crippen molar-refractivity contribution >= 4 is 23.3 Å². The fraction of sp³-hybridized carbons (Fsp3) is 0.571. The molecule has 110 valence electrons. The summed E-state index contributed by atoms with van der Waals surface area (Å²) in [5, 5.41) is 12.2. The number of rotatable bonds is 4. The average molecular weight is 297 g/mol. The molecule has 1 aromatic heterocycles. The molecule has 0 unspecified atom stereocenters. The first kappa shape index (κ1) is 14.9. The van der Waals surface area contributed by atoms with E-state index in [1.54, 1.807) is 12.3 Å². The van der Waals surface area contributed by atoms with Crippen molar-refractivity contribution in [1.82, 2.24) is 4.98 Å². The van der Waals surface area contributed by atoms with E-state index < -0.39 is 0 Å². The molecule has 20 heavy (non-hydrogen) atoms. The minimum absolute atomic E-state index is 0.00437. The van der Waals surface area contributed by atoms with Crippen LogP contribution in [0.2, 0.25) is 5.02 Å². The molecule has 1 aliphatic rings. The van der Waals surface area contributed by atoms with Crippen LogP contribution in [0.4, 0.5) is 5.82 Å². The van der Waals surface area contributed by atoms with Crippen LogP contribution in [0.15, 0.2) is 17.4 Å². The van der Waals surface area contributed by atoms with Gasteiger partial charge in [-0.3, -0.25) is 0 Å². The number of nitrogens with zero attached hydrogens (tertiary/aromatic N) is 3. The van der Waals surface area contributed by atoms with E-state index in [2.05, 4.69) is 15.0 Å². The van der Waals surface area contributed by atoms with Crippen LogP contribution in [0.1, 0.15) is 37.7 Å². The Labute approximate surface area is 124 Å². The lowest BCUT2D eigenvalue weighted by molar-refractivity contribution is 0.318. The quantitative estimate of drug-likeness (QED) is 0.388. The Morgan fingerprint density at radius 3 is 2.85 bits per heavy atom. The number of amidine groups is 1. The Kier molecular flexibility index (Phi) is 5.06. The van der Waals surface area contributed by atoms with Gasteiger partial charge in [0.2, 0.25) is 0 Å². The summed E-state index contributed by atoms with van der Waals surface area (Å²) in [6, 6.07) is 1.65. The van der Waals surface area contributed by atoms with Gasteiger partial charge >= 0.3 is 0 Å². The summed E-state index contributed by atoms with van der Waals surface area (Å²) in [7, 11) is 1.98. The molecule has 0 aliphatic heterocycles. The first-order valence-corrected chi connectivity index (χ1v) is 7.34. The summed E-state index contributed by atoms with van der Waals surface area (Å²) in [6.45, 7) is 0.937.